The molecule has 0 unspecified atom stereocenters. The lowest BCUT2D eigenvalue weighted by atomic mass is 10.0. The molecule has 3 rings (SSSR count). The van der Waals surface area contributed by atoms with Gasteiger partial charge < -0.3 is 9.64 Å². The Hall–Kier alpha value is -2.63. The molecule has 1 amide bonds. The van der Waals surface area contributed by atoms with Crippen LogP contribution in [0, 0.1) is 0 Å². The summed E-state index contributed by atoms with van der Waals surface area (Å²) >= 11 is 0. The van der Waals surface area contributed by atoms with E-state index < -0.39 is 0 Å². The molecule has 1 aliphatic rings. The Bertz CT molecular complexity index is 697. The second-order valence-electron chi connectivity index (χ2n) is 4.91. The minimum absolute atomic E-state index is 0.176. The Kier molecular flexibility index (Phi) is 3.68. The van der Waals surface area contributed by atoms with Crippen molar-refractivity contribution in [3.05, 3.63) is 63.6 Å². The first-order chi connectivity index (χ1) is 10.2. The second-order valence-corrected chi connectivity index (χ2v) is 4.91. The van der Waals surface area contributed by atoms with Gasteiger partial charge in [0.2, 0.25) is 0 Å². The minimum Gasteiger partial charge on any atom is -0.445 e. The number of H-pyrrole nitrogens is 1. The average Bonchev–Trinajstić information content (AvgIpc) is 2.53. The number of amides is 1. The zero-order valence-corrected chi connectivity index (χ0v) is 11.4. The van der Waals surface area contributed by atoms with E-state index in [-0.39, 0.29) is 18.3 Å². The maximum absolute atomic E-state index is 12.1. The van der Waals surface area contributed by atoms with Gasteiger partial charge in [0.15, 0.2) is 0 Å². The molecule has 1 N–H and O–H groups in total. The van der Waals surface area contributed by atoms with Crippen molar-refractivity contribution in [3.63, 3.8) is 0 Å². The number of nitrogens with one attached hydrogen (secondary N) is 1. The largest absolute Gasteiger partial charge is 0.445 e. The molecule has 1 aromatic carbocycles. The molecule has 2 aromatic rings. The molecule has 0 spiro atoms. The number of ether oxygens (including phenoxy) is 1. The number of nitrogens with zero attached hydrogens (tertiary/aromatic N) is 2. The number of hydrogen-bond acceptors (Lipinski definition) is 4. The van der Waals surface area contributed by atoms with E-state index in [1.165, 1.54) is 0 Å². The number of rotatable bonds is 2. The zero-order valence-electron chi connectivity index (χ0n) is 11.4. The van der Waals surface area contributed by atoms with E-state index in [2.05, 4.69) is 10.2 Å². The van der Waals surface area contributed by atoms with Crippen LogP contribution in [0.2, 0.25) is 0 Å². The van der Waals surface area contributed by atoms with Gasteiger partial charge in [-0.1, -0.05) is 30.3 Å². The second kappa shape index (κ2) is 5.78. The van der Waals surface area contributed by atoms with Gasteiger partial charge in [0.25, 0.3) is 5.56 Å². The lowest BCUT2D eigenvalue weighted by Gasteiger charge is -2.27. The number of aromatic nitrogens is 2. The van der Waals surface area contributed by atoms with Gasteiger partial charge in [-0.25, -0.2) is 9.89 Å². The topological polar surface area (TPSA) is 75.3 Å². The third kappa shape index (κ3) is 2.94. The molecule has 108 valence electrons. The lowest BCUT2D eigenvalue weighted by molar-refractivity contribution is 0.0917. The van der Waals surface area contributed by atoms with Gasteiger partial charge >= 0.3 is 6.09 Å². The number of benzene rings is 1. The van der Waals surface area contributed by atoms with Crippen LogP contribution in [0.1, 0.15) is 16.7 Å². The van der Waals surface area contributed by atoms with E-state index in [1.807, 2.05) is 30.3 Å². The van der Waals surface area contributed by atoms with Gasteiger partial charge in [0.1, 0.15) is 6.61 Å². The van der Waals surface area contributed by atoms with E-state index >= 15 is 0 Å². The Morgan fingerprint density at radius 1 is 1.33 bits per heavy atom. The Morgan fingerprint density at radius 3 is 2.95 bits per heavy atom. The van der Waals surface area contributed by atoms with Gasteiger partial charge in [-0.3, -0.25) is 4.79 Å². The van der Waals surface area contributed by atoms with Gasteiger partial charge in [-0.15, -0.1) is 0 Å². The van der Waals surface area contributed by atoms with Crippen LogP contribution in [0.25, 0.3) is 0 Å². The fraction of sp³-hybridized carbons (Fsp3) is 0.267. The van der Waals surface area contributed by atoms with Crippen LogP contribution in [0.3, 0.4) is 0 Å². The average molecular weight is 285 g/mol. The summed E-state index contributed by atoms with van der Waals surface area (Å²) in [5.74, 6) is 0. The molecule has 0 aliphatic carbocycles. The molecule has 0 saturated heterocycles. The molecular weight excluding hydrogens is 270 g/mol. The van der Waals surface area contributed by atoms with Crippen LogP contribution in [-0.2, 0) is 24.3 Å². The van der Waals surface area contributed by atoms with Crippen molar-refractivity contribution < 1.29 is 9.53 Å². The summed E-state index contributed by atoms with van der Waals surface area (Å²) in [7, 11) is 0. The monoisotopic (exact) mass is 285 g/mol. The molecule has 0 radical (unpaired) electrons. The van der Waals surface area contributed by atoms with E-state index in [0.717, 1.165) is 11.1 Å². The van der Waals surface area contributed by atoms with Crippen molar-refractivity contribution in [2.75, 3.05) is 6.54 Å². The van der Waals surface area contributed by atoms with Crippen LogP contribution in [0.5, 0.6) is 0 Å². The number of carbonyl (C=O) groups excluding carboxylic acids is 1. The summed E-state index contributed by atoms with van der Waals surface area (Å²) in [6, 6.07) is 9.53. The van der Waals surface area contributed by atoms with E-state index in [0.29, 0.717) is 25.1 Å². The van der Waals surface area contributed by atoms with Gasteiger partial charge in [0, 0.05) is 17.7 Å². The molecule has 1 aliphatic heterocycles. The molecule has 0 fully saturated rings. The van der Waals surface area contributed by atoms with Crippen molar-refractivity contribution >= 4 is 6.09 Å². The summed E-state index contributed by atoms with van der Waals surface area (Å²) in [4.78, 5) is 25.3. The molecule has 0 saturated carbocycles. The summed E-state index contributed by atoms with van der Waals surface area (Å²) in [6.07, 6.45) is 1.74. The van der Waals surface area contributed by atoms with E-state index in [1.54, 1.807) is 11.1 Å². The van der Waals surface area contributed by atoms with Crippen LogP contribution in [-0.4, -0.2) is 27.7 Å². The van der Waals surface area contributed by atoms with Crippen LogP contribution >= 0.6 is 0 Å². The van der Waals surface area contributed by atoms with Gasteiger partial charge in [0.05, 0.1) is 12.7 Å². The van der Waals surface area contributed by atoms with Crippen LogP contribution < -0.4 is 5.56 Å². The highest BCUT2D eigenvalue weighted by molar-refractivity contribution is 5.68. The Balaban J connectivity index is 1.63. The van der Waals surface area contributed by atoms with Crippen LogP contribution in [0.4, 0.5) is 4.79 Å². The van der Waals surface area contributed by atoms with Crippen molar-refractivity contribution in [2.24, 2.45) is 0 Å². The molecule has 1 aromatic heterocycles. The highest BCUT2D eigenvalue weighted by atomic mass is 16.6. The van der Waals surface area contributed by atoms with Crippen molar-refractivity contribution in [1.82, 2.24) is 15.1 Å². The number of carbonyl (C=O) groups is 1. The first-order valence-electron chi connectivity index (χ1n) is 6.75. The van der Waals surface area contributed by atoms with Gasteiger partial charge in [-0.05, 0) is 12.0 Å². The van der Waals surface area contributed by atoms with Gasteiger partial charge in [-0.2, -0.15) is 5.10 Å². The SMILES string of the molecule is O=C(OCc1ccccc1)N1CCc2c(cn[nH]c2=O)C1. The molecule has 6 heteroatoms. The minimum atomic E-state index is -0.371. The summed E-state index contributed by atoms with van der Waals surface area (Å²) in [5.41, 5.74) is 2.25. The van der Waals surface area contributed by atoms with Crippen molar-refractivity contribution in [2.45, 2.75) is 19.6 Å². The predicted molar refractivity (Wildman–Crippen MR) is 75.6 cm³/mol. The predicted octanol–water partition coefficient (Wildman–Crippen LogP) is 1.46. The fourth-order valence-electron chi connectivity index (χ4n) is 2.37. The molecule has 0 bridgehead atoms. The molecule has 0 atom stereocenters. The normalized spacial score (nSPS) is 13.6. The zero-order chi connectivity index (χ0) is 14.7. The van der Waals surface area contributed by atoms with E-state index in [4.69, 9.17) is 4.74 Å². The number of fused-ring (bicyclic) bond motifs is 1. The number of aromatic amines is 1. The van der Waals surface area contributed by atoms with Crippen LogP contribution in [0.15, 0.2) is 41.3 Å². The maximum Gasteiger partial charge on any atom is 0.410 e. The maximum atomic E-state index is 12.1. The third-order valence-corrected chi connectivity index (χ3v) is 3.50. The first kappa shape index (κ1) is 13.4. The summed E-state index contributed by atoms with van der Waals surface area (Å²) in [6.45, 7) is 1.09. The highest BCUT2D eigenvalue weighted by Crippen LogP contribution is 2.15. The molecule has 2 heterocycles. The third-order valence-electron chi connectivity index (χ3n) is 3.50. The Morgan fingerprint density at radius 2 is 2.14 bits per heavy atom. The summed E-state index contributed by atoms with van der Waals surface area (Å²) in [5, 5.41) is 6.18. The highest BCUT2D eigenvalue weighted by Gasteiger charge is 2.23. The van der Waals surface area contributed by atoms with Crippen molar-refractivity contribution in [1.29, 1.82) is 0 Å². The van der Waals surface area contributed by atoms with E-state index in [9.17, 15) is 9.59 Å². The number of hydrogen-bond donors (Lipinski definition) is 1. The standard InChI is InChI=1S/C15H15N3O3/c19-14-13-6-7-18(9-12(13)8-16-17-14)15(20)21-10-11-4-2-1-3-5-11/h1-5,8H,6-7,9-10H2,(H,17,19). The lowest BCUT2D eigenvalue weighted by Crippen LogP contribution is -2.38. The molecule has 6 nitrogen and oxygen atoms in total. The fourth-order valence-corrected chi connectivity index (χ4v) is 2.37. The molecular formula is C15H15N3O3. The van der Waals surface area contributed by atoms with Crippen molar-refractivity contribution in [3.8, 4) is 0 Å². The smallest absolute Gasteiger partial charge is 0.410 e. The Labute approximate surface area is 121 Å². The quantitative estimate of drug-likeness (QED) is 0.906. The summed E-state index contributed by atoms with van der Waals surface area (Å²) < 4.78 is 5.29. The molecule has 21 heavy (non-hydrogen) atoms. The first-order valence-corrected chi connectivity index (χ1v) is 6.75.